The van der Waals surface area contributed by atoms with E-state index in [9.17, 15) is 14.4 Å². The van der Waals surface area contributed by atoms with Crippen molar-refractivity contribution in [3.63, 3.8) is 0 Å². The Morgan fingerprint density at radius 3 is 2.48 bits per heavy atom. The Labute approximate surface area is 158 Å². The number of hydrogen-bond donors (Lipinski definition) is 0. The van der Waals surface area contributed by atoms with Crippen LogP contribution in [0, 0.1) is 13.8 Å². The average Bonchev–Trinajstić information content (AvgIpc) is 2.94. The minimum absolute atomic E-state index is 0.0297. The van der Waals surface area contributed by atoms with E-state index in [-0.39, 0.29) is 30.7 Å². The molecule has 0 aliphatic carbocycles. The fourth-order valence-corrected chi connectivity index (χ4v) is 3.26. The molecule has 2 aromatic rings. The summed E-state index contributed by atoms with van der Waals surface area (Å²) >= 11 is 0. The van der Waals surface area contributed by atoms with Crippen molar-refractivity contribution in [1.29, 1.82) is 0 Å². The van der Waals surface area contributed by atoms with E-state index in [1.54, 1.807) is 36.4 Å². The van der Waals surface area contributed by atoms with Gasteiger partial charge in [-0.25, -0.2) is 4.90 Å². The second-order valence-corrected chi connectivity index (χ2v) is 6.74. The Bertz CT molecular complexity index is 902. The largest absolute Gasteiger partial charge is 0.322 e. The summed E-state index contributed by atoms with van der Waals surface area (Å²) in [4.78, 5) is 41.1. The normalized spacial score (nSPS) is 16.5. The first-order valence-electron chi connectivity index (χ1n) is 8.84. The standard InChI is InChI=1S/C22H22N2O3/c1-4-12-23(21(26)17-7-5-6-16(3)13-17)19-14-20(25)24(22(19)27)18-10-8-15(2)9-11-18/h4-11,13,19H,1,12,14H2,2-3H3. The van der Waals surface area contributed by atoms with Crippen LogP contribution in [0.2, 0.25) is 0 Å². The molecule has 0 spiro atoms. The van der Waals surface area contributed by atoms with Gasteiger partial charge in [-0.3, -0.25) is 14.4 Å². The maximum Gasteiger partial charge on any atom is 0.257 e. The maximum atomic E-state index is 13.0. The topological polar surface area (TPSA) is 57.7 Å². The van der Waals surface area contributed by atoms with E-state index in [1.165, 1.54) is 9.80 Å². The zero-order valence-corrected chi connectivity index (χ0v) is 15.5. The number of anilines is 1. The lowest BCUT2D eigenvalue weighted by Crippen LogP contribution is -2.45. The minimum Gasteiger partial charge on any atom is -0.322 e. The Kier molecular flexibility index (Phi) is 5.21. The van der Waals surface area contributed by atoms with Crippen molar-refractivity contribution in [3.8, 4) is 0 Å². The van der Waals surface area contributed by atoms with Crippen molar-refractivity contribution in [3.05, 3.63) is 77.9 Å². The first kappa shape index (κ1) is 18.6. The molecule has 1 fully saturated rings. The second-order valence-electron chi connectivity index (χ2n) is 6.74. The van der Waals surface area contributed by atoms with E-state index in [1.807, 2.05) is 32.0 Å². The van der Waals surface area contributed by atoms with Crippen LogP contribution in [0.5, 0.6) is 0 Å². The summed E-state index contributed by atoms with van der Waals surface area (Å²) in [6, 6.07) is 13.5. The number of benzene rings is 2. The van der Waals surface area contributed by atoms with Gasteiger partial charge in [-0.15, -0.1) is 6.58 Å². The molecule has 0 aromatic heterocycles. The van der Waals surface area contributed by atoms with Crippen molar-refractivity contribution in [2.24, 2.45) is 0 Å². The third-order valence-corrected chi connectivity index (χ3v) is 4.64. The number of amides is 3. The molecule has 3 rings (SSSR count). The van der Waals surface area contributed by atoms with Crippen molar-refractivity contribution < 1.29 is 14.4 Å². The molecule has 2 aromatic carbocycles. The molecule has 5 nitrogen and oxygen atoms in total. The molecule has 3 amide bonds. The molecular formula is C22H22N2O3. The maximum absolute atomic E-state index is 13.0. The Hall–Kier alpha value is -3.21. The second kappa shape index (κ2) is 7.58. The molecule has 1 atom stereocenters. The van der Waals surface area contributed by atoms with Gasteiger partial charge in [0.1, 0.15) is 6.04 Å². The van der Waals surface area contributed by atoms with E-state index in [2.05, 4.69) is 6.58 Å². The van der Waals surface area contributed by atoms with Crippen LogP contribution in [0.1, 0.15) is 27.9 Å². The fourth-order valence-electron chi connectivity index (χ4n) is 3.26. The number of imide groups is 1. The molecule has 138 valence electrons. The molecule has 1 aliphatic rings. The van der Waals surface area contributed by atoms with E-state index in [0.717, 1.165) is 11.1 Å². The quantitative estimate of drug-likeness (QED) is 0.606. The zero-order chi connectivity index (χ0) is 19.6. The third kappa shape index (κ3) is 3.67. The van der Waals surface area contributed by atoms with Crippen LogP contribution in [0.4, 0.5) is 5.69 Å². The summed E-state index contributed by atoms with van der Waals surface area (Å²) < 4.78 is 0. The van der Waals surface area contributed by atoms with E-state index >= 15 is 0 Å². The Morgan fingerprint density at radius 2 is 1.85 bits per heavy atom. The highest BCUT2D eigenvalue weighted by Crippen LogP contribution is 2.27. The number of carbonyl (C=O) groups is 3. The summed E-state index contributed by atoms with van der Waals surface area (Å²) in [7, 11) is 0. The number of hydrogen-bond acceptors (Lipinski definition) is 3. The molecule has 5 heteroatoms. The predicted octanol–water partition coefficient (Wildman–Crippen LogP) is 3.26. The van der Waals surface area contributed by atoms with Gasteiger partial charge in [0.2, 0.25) is 5.91 Å². The summed E-state index contributed by atoms with van der Waals surface area (Å²) in [6.45, 7) is 7.72. The molecule has 1 heterocycles. The number of aryl methyl sites for hydroxylation is 2. The van der Waals surface area contributed by atoms with Crippen LogP contribution in [0.15, 0.2) is 61.2 Å². The summed E-state index contributed by atoms with van der Waals surface area (Å²) in [5.74, 6) is -0.970. The average molecular weight is 362 g/mol. The smallest absolute Gasteiger partial charge is 0.257 e. The number of rotatable bonds is 5. The molecular weight excluding hydrogens is 340 g/mol. The van der Waals surface area contributed by atoms with Crippen LogP contribution >= 0.6 is 0 Å². The molecule has 1 unspecified atom stereocenters. The third-order valence-electron chi connectivity index (χ3n) is 4.64. The van der Waals surface area contributed by atoms with Crippen LogP contribution in [-0.4, -0.2) is 35.2 Å². The lowest BCUT2D eigenvalue weighted by Gasteiger charge is -2.26. The van der Waals surface area contributed by atoms with Gasteiger partial charge in [0.15, 0.2) is 0 Å². The number of carbonyl (C=O) groups excluding carboxylic acids is 3. The van der Waals surface area contributed by atoms with Crippen molar-refractivity contribution in [2.75, 3.05) is 11.4 Å². The van der Waals surface area contributed by atoms with Gasteiger partial charge in [0.25, 0.3) is 11.8 Å². The van der Waals surface area contributed by atoms with Crippen LogP contribution < -0.4 is 4.90 Å². The molecule has 27 heavy (non-hydrogen) atoms. The van der Waals surface area contributed by atoms with E-state index < -0.39 is 6.04 Å². The SMILES string of the molecule is C=CCN(C(=O)c1cccc(C)c1)C1CC(=O)N(c2ccc(C)cc2)C1=O. The summed E-state index contributed by atoms with van der Waals surface area (Å²) in [6.07, 6.45) is 1.54. The lowest BCUT2D eigenvalue weighted by molar-refractivity contribution is -0.122. The molecule has 0 N–H and O–H groups in total. The minimum atomic E-state index is -0.829. The van der Waals surface area contributed by atoms with Crippen molar-refractivity contribution >= 4 is 23.4 Å². The Morgan fingerprint density at radius 1 is 1.15 bits per heavy atom. The van der Waals surface area contributed by atoms with Gasteiger partial charge >= 0.3 is 0 Å². The van der Waals surface area contributed by atoms with Gasteiger partial charge in [-0.1, -0.05) is 41.5 Å². The van der Waals surface area contributed by atoms with Crippen LogP contribution in [-0.2, 0) is 9.59 Å². The van der Waals surface area contributed by atoms with Crippen LogP contribution in [0.25, 0.3) is 0 Å². The lowest BCUT2D eigenvalue weighted by atomic mass is 10.1. The molecule has 0 radical (unpaired) electrons. The van der Waals surface area contributed by atoms with Gasteiger partial charge in [0, 0.05) is 12.1 Å². The van der Waals surface area contributed by atoms with Gasteiger partial charge in [0.05, 0.1) is 12.1 Å². The van der Waals surface area contributed by atoms with Crippen molar-refractivity contribution in [2.45, 2.75) is 26.3 Å². The summed E-state index contributed by atoms with van der Waals surface area (Å²) in [5.41, 5.74) is 3.01. The molecule has 0 bridgehead atoms. The monoisotopic (exact) mass is 362 g/mol. The molecule has 1 saturated heterocycles. The highest BCUT2D eigenvalue weighted by atomic mass is 16.2. The highest BCUT2D eigenvalue weighted by molar-refractivity contribution is 6.23. The highest BCUT2D eigenvalue weighted by Gasteiger charge is 2.44. The zero-order valence-electron chi connectivity index (χ0n) is 15.5. The first-order chi connectivity index (χ1) is 12.9. The first-order valence-corrected chi connectivity index (χ1v) is 8.84. The van der Waals surface area contributed by atoms with E-state index in [4.69, 9.17) is 0 Å². The van der Waals surface area contributed by atoms with Gasteiger partial charge in [-0.05, 0) is 38.1 Å². The summed E-state index contributed by atoms with van der Waals surface area (Å²) in [5, 5.41) is 0. The predicted molar refractivity (Wildman–Crippen MR) is 104 cm³/mol. The Balaban J connectivity index is 1.91. The fraction of sp³-hybridized carbons (Fsp3) is 0.227. The van der Waals surface area contributed by atoms with Crippen LogP contribution in [0.3, 0.4) is 0 Å². The molecule has 1 aliphatic heterocycles. The van der Waals surface area contributed by atoms with Crippen molar-refractivity contribution in [1.82, 2.24) is 4.90 Å². The molecule has 0 saturated carbocycles. The number of nitrogens with zero attached hydrogens (tertiary/aromatic N) is 2. The van der Waals surface area contributed by atoms with Gasteiger partial charge < -0.3 is 4.90 Å². The van der Waals surface area contributed by atoms with E-state index in [0.29, 0.717) is 11.3 Å². The van der Waals surface area contributed by atoms with Gasteiger partial charge in [-0.2, -0.15) is 0 Å².